The van der Waals surface area contributed by atoms with Crippen LogP contribution in [0, 0.1) is 6.92 Å². The number of aryl methyl sites for hydroxylation is 1. The number of hydrogen-bond acceptors (Lipinski definition) is 6. The SMILES string of the molecule is Cc1cccc(C(=O)Oc2c(Br)cc(Br)cc2/C=N\NC(=O)CNC(=O)c2ccco2)c1. The Hall–Kier alpha value is -3.24. The standard InChI is InChI=1S/C22H17Br2N3O5/c1-13-4-2-5-14(8-13)22(30)32-20-15(9-16(23)10-17(20)24)11-26-27-19(28)12-25-21(29)18-6-3-7-31-18/h2-11H,12H2,1H3,(H,25,29)(H,27,28)/b26-11-. The van der Waals surface area contributed by atoms with Crippen LogP contribution in [0.15, 0.2) is 73.3 Å². The number of rotatable bonds is 7. The lowest BCUT2D eigenvalue weighted by Crippen LogP contribution is -2.34. The molecule has 10 heteroatoms. The predicted molar refractivity (Wildman–Crippen MR) is 125 cm³/mol. The second-order valence-electron chi connectivity index (χ2n) is 6.52. The van der Waals surface area contributed by atoms with Crippen LogP contribution in [-0.4, -0.2) is 30.5 Å². The molecule has 2 aromatic carbocycles. The van der Waals surface area contributed by atoms with Crippen LogP contribution in [0.2, 0.25) is 0 Å². The molecule has 3 aromatic rings. The molecule has 0 saturated carbocycles. The number of carbonyl (C=O) groups excluding carboxylic acids is 3. The lowest BCUT2D eigenvalue weighted by molar-refractivity contribution is -0.120. The molecule has 2 amide bonds. The highest BCUT2D eigenvalue weighted by Crippen LogP contribution is 2.32. The van der Waals surface area contributed by atoms with Crippen molar-refractivity contribution in [3.05, 3.63) is 86.2 Å². The molecule has 3 rings (SSSR count). The fraction of sp³-hybridized carbons (Fsp3) is 0.0909. The van der Waals surface area contributed by atoms with Gasteiger partial charge in [-0.25, -0.2) is 10.2 Å². The number of amides is 2. The third-order valence-corrected chi connectivity index (χ3v) is 5.08. The summed E-state index contributed by atoms with van der Waals surface area (Å²) in [5, 5.41) is 6.30. The summed E-state index contributed by atoms with van der Waals surface area (Å²) in [7, 11) is 0. The number of nitrogens with one attached hydrogen (secondary N) is 2. The second kappa shape index (κ2) is 10.9. The summed E-state index contributed by atoms with van der Waals surface area (Å²) in [4.78, 5) is 36.3. The van der Waals surface area contributed by atoms with Crippen LogP contribution in [0.3, 0.4) is 0 Å². The van der Waals surface area contributed by atoms with Crippen LogP contribution >= 0.6 is 31.9 Å². The zero-order chi connectivity index (χ0) is 23.1. The van der Waals surface area contributed by atoms with Gasteiger partial charge in [-0.05, 0) is 59.3 Å². The van der Waals surface area contributed by atoms with Gasteiger partial charge in [0.25, 0.3) is 11.8 Å². The van der Waals surface area contributed by atoms with Crippen molar-refractivity contribution in [3.8, 4) is 5.75 Å². The minimum atomic E-state index is -0.548. The Balaban J connectivity index is 1.66. The van der Waals surface area contributed by atoms with Gasteiger partial charge in [-0.15, -0.1) is 0 Å². The maximum atomic E-state index is 12.6. The number of hydrazone groups is 1. The van der Waals surface area contributed by atoms with E-state index in [-0.39, 0.29) is 18.1 Å². The van der Waals surface area contributed by atoms with Gasteiger partial charge in [0.15, 0.2) is 11.5 Å². The predicted octanol–water partition coefficient (Wildman–Crippen LogP) is 4.21. The molecule has 1 aromatic heterocycles. The van der Waals surface area contributed by atoms with Crippen molar-refractivity contribution in [1.29, 1.82) is 0 Å². The molecule has 164 valence electrons. The number of benzene rings is 2. The Bertz CT molecular complexity index is 1180. The molecule has 0 aliphatic heterocycles. The summed E-state index contributed by atoms with van der Waals surface area (Å²) in [5.41, 5.74) is 4.08. The number of furan rings is 1. The lowest BCUT2D eigenvalue weighted by atomic mass is 10.1. The van der Waals surface area contributed by atoms with E-state index in [1.807, 2.05) is 13.0 Å². The first-order valence-corrected chi connectivity index (χ1v) is 10.8. The first-order chi connectivity index (χ1) is 15.3. The van der Waals surface area contributed by atoms with Gasteiger partial charge in [0, 0.05) is 10.0 Å². The van der Waals surface area contributed by atoms with Gasteiger partial charge < -0.3 is 14.5 Å². The van der Waals surface area contributed by atoms with Gasteiger partial charge in [0.05, 0.1) is 29.1 Å². The van der Waals surface area contributed by atoms with Crippen LogP contribution in [-0.2, 0) is 4.79 Å². The Morgan fingerprint density at radius 3 is 2.66 bits per heavy atom. The number of nitrogens with zero attached hydrogens (tertiary/aromatic N) is 1. The molecule has 0 bridgehead atoms. The van der Waals surface area contributed by atoms with Crippen molar-refractivity contribution in [2.45, 2.75) is 6.92 Å². The minimum absolute atomic E-state index is 0.0976. The summed E-state index contributed by atoms with van der Waals surface area (Å²) in [5.74, 6) is -1.26. The van der Waals surface area contributed by atoms with E-state index < -0.39 is 17.8 Å². The topological polar surface area (TPSA) is 110 Å². The van der Waals surface area contributed by atoms with E-state index in [4.69, 9.17) is 9.15 Å². The Kier molecular flexibility index (Phi) is 7.96. The van der Waals surface area contributed by atoms with E-state index in [1.165, 1.54) is 18.5 Å². The van der Waals surface area contributed by atoms with Gasteiger partial charge in [-0.2, -0.15) is 5.10 Å². The van der Waals surface area contributed by atoms with E-state index in [9.17, 15) is 14.4 Å². The summed E-state index contributed by atoms with van der Waals surface area (Å²) in [6.45, 7) is 1.58. The molecule has 0 radical (unpaired) electrons. The van der Waals surface area contributed by atoms with Gasteiger partial charge in [-0.1, -0.05) is 33.6 Å². The van der Waals surface area contributed by atoms with E-state index in [0.29, 0.717) is 20.1 Å². The van der Waals surface area contributed by atoms with Crippen LogP contribution in [0.25, 0.3) is 0 Å². The van der Waals surface area contributed by atoms with E-state index in [1.54, 1.807) is 36.4 Å². The highest BCUT2D eigenvalue weighted by Gasteiger charge is 2.16. The fourth-order valence-electron chi connectivity index (χ4n) is 2.58. The molecule has 0 aliphatic rings. The lowest BCUT2D eigenvalue weighted by Gasteiger charge is -2.11. The third kappa shape index (κ3) is 6.38. The molecule has 32 heavy (non-hydrogen) atoms. The van der Waals surface area contributed by atoms with Crippen molar-refractivity contribution < 1.29 is 23.5 Å². The first kappa shape index (κ1) is 23.4. The molecule has 0 saturated heterocycles. The van der Waals surface area contributed by atoms with Crippen LogP contribution in [0.4, 0.5) is 0 Å². The van der Waals surface area contributed by atoms with E-state index >= 15 is 0 Å². The summed E-state index contributed by atoms with van der Waals surface area (Å²) < 4.78 is 11.7. The minimum Gasteiger partial charge on any atom is -0.459 e. The molecular weight excluding hydrogens is 546 g/mol. The smallest absolute Gasteiger partial charge is 0.343 e. The van der Waals surface area contributed by atoms with Crippen LogP contribution in [0.1, 0.15) is 32.0 Å². The third-order valence-electron chi connectivity index (χ3n) is 4.03. The quantitative estimate of drug-likeness (QED) is 0.194. The van der Waals surface area contributed by atoms with Crippen molar-refractivity contribution in [2.24, 2.45) is 5.10 Å². The maximum Gasteiger partial charge on any atom is 0.343 e. The highest BCUT2D eigenvalue weighted by molar-refractivity contribution is 9.11. The van der Waals surface area contributed by atoms with E-state index in [0.717, 1.165) is 5.56 Å². The monoisotopic (exact) mass is 561 g/mol. The number of esters is 1. The summed E-state index contributed by atoms with van der Waals surface area (Å²) >= 11 is 6.75. The van der Waals surface area contributed by atoms with Crippen LogP contribution < -0.4 is 15.5 Å². The summed E-state index contributed by atoms with van der Waals surface area (Å²) in [6, 6.07) is 13.5. The molecule has 0 aliphatic carbocycles. The molecule has 8 nitrogen and oxygen atoms in total. The van der Waals surface area contributed by atoms with Crippen molar-refractivity contribution >= 4 is 55.9 Å². The average molecular weight is 563 g/mol. The summed E-state index contributed by atoms with van der Waals surface area (Å²) in [6.07, 6.45) is 2.69. The number of carbonyl (C=O) groups is 3. The first-order valence-electron chi connectivity index (χ1n) is 9.25. The molecular formula is C22H17Br2N3O5. The molecule has 1 heterocycles. The highest BCUT2D eigenvalue weighted by atomic mass is 79.9. The van der Waals surface area contributed by atoms with Gasteiger partial charge in [0.1, 0.15) is 0 Å². The Morgan fingerprint density at radius 2 is 1.94 bits per heavy atom. The van der Waals surface area contributed by atoms with Gasteiger partial charge in [-0.3, -0.25) is 9.59 Å². The molecule has 0 atom stereocenters. The molecule has 0 fully saturated rings. The Labute approximate surface area is 200 Å². The largest absolute Gasteiger partial charge is 0.459 e. The normalized spacial score (nSPS) is 10.7. The van der Waals surface area contributed by atoms with Gasteiger partial charge in [0.2, 0.25) is 0 Å². The molecule has 0 unspecified atom stereocenters. The van der Waals surface area contributed by atoms with Gasteiger partial charge >= 0.3 is 5.97 Å². The Morgan fingerprint density at radius 1 is 1.12 bits per heavy atom. The molecule has 2 N–H and O–H groups in total. The van der Waals surface area contributed by atoms with E-state index in [2.05, 4.69) is 47.7 Å². The maximum absolute atomic E-state index is 12.6. The zero-order valence-corrected chi connectivity index (χ0v) is 19.9. The molecule has 0 spiro atoms. The van der Waals surface area contributed by atoms with Crippen LogP contribution in [0.5, 0.6) is 5.75 Å². The van der Waals surface area contributed by atoms with Crippen molar-refractivity contribution in [2.75, 3.05) is 6.54 Å². The fourth-order valence-corrected chi connectivity index (χ4v) is 3.92. The second-order valence-corrected chi connectivity index (χ2v) is 8.29. The average Bonchev–Trinajstić information content (AvgIpc) is 3.29. The number of hydrogen-bond donors (Lipinski definition) is 2. The number of halogens is 2. The zero-order valence-electron chi connectivity index (χ0n) is 16.7. The van der Waals surface area contributed by atoms with Crippen molar-refractivity contribution in [1.82, 2.24) is 10.7 Å². The number of ether oxygens (including phenoxy) is 1. The van der Waals surface area contributed by atoms with Crippen molar-refractivity contribution in [3.63, 3.8) is 0 Å².